The van der Waals surface area contributed by atoms with Crippen molar-refractivity contribution in [2.45, 2.75) is 29.7 Å². The van der Waals surface area contributed by atoms with Crippen LogP contribution in [0.1, 0.15) is 25.3 Å². The molecule has 0 spiro atoms. The van der Waals surface area contributed by atoms with Gasteiger partial charge < -0.3 is 10.2 Å². The van der Waals surface area contributed by atoms with E-state index in [1.54, 1.807) is 18.9 Å². The first kappa shape index (κ1) is 14.6. The number of anilines is 1. The first-order valence-corrected chi connectivity index (χ1v) is 7.11. The minimum Gasteiger partial charge on any atom is -0.496 e. The summed E-state index contributed by atoms with van der Waals surface area (Å²) in [4.78, 5) is 9.56. The number of hydrazine groups is 1. The molecule has 1 heterocycles. The number of nitrogens with one attached hydrogen (secondary N) is 1. The number of benzene rings is 1. The highest BCUT2D eigenvalue weighted by Crippen LogP contribution is 2.38. The summed E-state index contributed by atoms with van der Waals surface area (Å²) in [5.41, 5.74) is 3.64. The maximum Gasteiger partial charge on any atom is 0.147 e. The Labute approximate surface area is 122 Å². The SMILES string of the molecule is COc1ccccc1Sc1ncnc(NN)c1C(C)C. The van der Waals surface area contributed by atoms with E-state index in [4.69, 9.17) is 10.6 Å². The maximum atomic E-state index is 5.53. The van der Waals surface area contributed by atoms with Crippen molar-refractivity contribution in [2.75, 3.05) is 12.5 Å². The van der Waals surface area contributed by atoms with Gasteiger partial charge in [-0.05, 0) is 18.1 Å². The van der Waals surface area contributed by atoms with Gasteiger partial charge >= 0.3 is 0 Å². The van der Waals surface area contributed by atoms with E-state index >= 15 is 0 Å². The van der Waals surface area contributed by atoms with Crippen molar-refractivity contribution in [2.24, 2.45) is 5.84 Å². The quantitative estimate of drug-likeness (QED) is 0.501. The summed E-state index contributed by atoms with van der Waals surface area (Å²) in [7, 11) is 1.66. The molecule has 6 heteroatoms. The molecule has 0 aliphatic heterocycles. The van der Waals surface area contributed by atoms with Crippen molar-refractivity contribution in [3.63, 3.8) is 0 Å². The van der Waals surface area contributed by atoms with Crippen LogP contribution < -0.4 is 16.0 Å². The second-order valence-corrected chi connectivity index (χ2v) is 5.52. The second-order valence-electron chi connectivity index (χ2n) is 4.49. The van der Waals surface area contributed by atoms with Crippen LogP contribution in [0.25, 0.3) is 0 Å². The molecule has 0 unspecified atom stereocenters. The second kappa shape index (κ2) is 6.58. The Morgan fingerprint density at radius 3 is 2.65 bits per heavy atom. The third-order valence-corrected chi connectivity index (χ3v) is 3.91. The maximum absolute atomic E-state index is 5.53. The van der Waals surface area contributed by atoms with E-state index in [0.717, 1.165) is 21.2 Å². The molecular formula is C14H18N4OS. The predicted molar refractivity (Wildman–Crippen MR) is 81.0 cm³/mol. The monoisotopic (exact) mass is 290 g/mol. The lowest BCUT2D eigenvalue weighted by atomic mass is 10.1. The first-order chi connectivity index (χ1) is 9.67. The number of aromatic nitrogens is 2. The van der Waals surface area contributed by atoms with Gasteiger partial charge in [0, 0.05) is 5.56 Å². The lowest BCUT2D eigenvalue weighted by Gasteiger charge is -2.15. The van der Waals surface area contributed by atoms with Crippen molar-refractivity contribution < 1.29 is 4.74 Å². The van der Waals surface area contributed by atoms with E-state index in [0.29, 0.717) is 5.82 Å². The molecule has 106 valence electrons. The number of ether oxygens (including phenoxy) is 1. The molecule has 0 aliphatic carbocycles. The number of para-hydroxylation sites is 1. The Morgan fingerprint density at radius 1 is 1.25 bits per heavy atom. The molecule has 0 fully saturated rings. The summed E-state index contributed by atoms with van der Waals surface area (Å²) in [6.07, 6.45) is 1.51. The number of nitrogens with two attached hydrogens (primary N) is 1. The summed E-state index contributed by atoms with van der Waals surface area (Å²) in [6, 6.07) is 7.86. The summed E-state index contributed by atoms with van der Waals surface area (Å²) < 4.78 is 5.37. The molecule has 0 aliphatic rings. The molecule has 1 aromatic carbocycles. The van der Waals surface area contributed by atoms with Crippen LogP contribution >= 0.6 is 11.8 Å². The molecule has 3 N–H and O–H groups in total. The highest BCUT2D eigenvalue weighted by Gasteiger charge is 2.16. The molecule has 2 aromatic rings. The number of nitrogen functional groups attached to an aromatic ring is 1. The van der Waals surface area contributed by atoms with E-state index < -0.39 is 0 Å². The van der Waals surface area contributed by atoms with Crippen LogP contribution in [0.5, 0.6) is 5.75 Å². The van der Waals surface area contributed by atoms with E-state index in [9.17, 15) is 0 Å². The van der Waals surface area contributed by atoms with Crippen LogP contribution in [0.15, 0.2) is 40.5 Å². The molecule has 0 radical (unpaired) electrons. The zero-order valence-electron chi connectivity index (χ0n) is 11.8. The van der Waals surface area contributed by atoms with E-state index in [1.807, 2.05) is 24.3 Å². The fourth-order valence-electron chi connectivity index (χ4n) is 1.90. The summed E-state index contributed by atoms with van der Waals surface area (Å²) in [5.74, 6) is 7.28. The molecule has 0 saturated carbocycles. The molecule has 1 aromatic heterocycles. The van der Waals surface area contributed by atoms with Gasteiger partial charge in [-0.15, -0.1) is 0 Å². The molecule has 2 rings (SSSR count). The zero-order chi connectivity index (χ0) is 14.5. The number of hydrogen-bond donors (Lipinski definition) is 2. The average Bonchev–Trinajstić information content (AvgIpc) is 2.47. The van der Waals surface area contributed by atoms with Gasteiger partial charge in [0.1, 0.15) is 22.9 Å². The number of nitrogens with zero attached hydrogens (tertiary/aromatic N) is 2. The Balaban J connectivity index is 2.43. The number of hydrogen-bond acceptors (Lipinski definition) is 6. The fraction of sp³-hybridized carbons (Fsp3) is 0.286. The van der Waals surface area contributed by atoms with Gasteiger partial charge in [0.15, 0.2) is 0 Å². The van der Waals surface area contributed by atoms with Gasteiger partial charge in [-0.1, -0.05) is 37.7 Å². The normalized spacial score (nSPS) is 10.7. The van der Waals surface area contributed by atoms with Crippen LogP contribution in [0, 0.1) is 0 Å². The lowest BCUT2D eigenvalue weighted by Crippen LogP contribution is -2.13. The van der Waals surface area contributed by atoms with Crippen LogP contribution in [0.2, 0.25) is 0 Å². The van der Waals surface area contributed by atoms with Crippen molar-refractivity contribution in [1.82, 2.24) is 9.97 Å². The van der Waals surface area contributed by atoms with Crippen molar-refractivity contribution >= 4 is 17.6 Å². The smallest absolute Gasteiger partial charge is 0.147 e. The van der Waals surface area contributed by atoms with Crippen molar-refractivity contribution in [1.29, 1.82) is 0 Å². The van der Waals surface area contributed by atoms with Gasteiger partial charge in [0.25, 0.3) is 0 Å². The van der Waals surface area contributed by atoms with Gasteiger partial charge in [-0.25, -0.2) is 15.8 Å². The van der Waals surface area contributed by atoms with Crippen molar-refractivity contribution in [3.8, 4) is 5.75 Å². The Hall–Kier alpha value is -1.79. The van der Waals surface area contributed by atoms with E-state index in [2.05, 4.69) is 29.2 Å². The molecule has 20 heavy (non-hydrogen) atoms. The number of rotatable bonds is 5. The average molecular weight is 290 g/mol. The summed E-state index contributed by atoms with van der Waals surface area (Å²) >= 11 is 1.55. The lowest BCUT2D eigenvalue weighted by molar-refractivity contribution is 0.405. The van der Waals surface area contributed by atoms with Gasteiger partial charge in [0.2, 0.25) is 0 Å². The fourth-order valence-corrected chi connectivity index (χ4v) is 3.05. The summed E-state index contributed by atoms with van der Waals surface area (Å²) in [6.45, 7) is 4.18. The zero-order valence-corrected chi connectivity index (χ0v) is 12.6. The summed E-state index contributed by atoms with van der Waals surface area (Å²) in [5, 5.41) is 0.882. The third-order valence-electron chi connectivity index (χ3n) is 2.84. The molecule has 0 amide bonds. The molecule has 5 nitrogen and oxygen atoms in total. The van der Waals surface area contributed by atoms with Crippen LogP contribution in [-0.4, -0.2) is 17.1 Å². The molecule has 0 saturated heterocycles. The molecular weight excluding hydrogens is 272 g/mol. The minimum absolute atomic E-state index is 0.263. The van der Waals surface area contributed by atoms with Crippen LogP contribution in [0.4, 0.5) is 5.82 Å². The topological polar surface area (TPSA) is 73.1 Å². The standard InChI is InChI=1S/C14H18N4OS/c1-9(2)12-13(18-15)16-8-17-14(12)20-11-7-5-4-6-10(11)19-3/h4-9H,15H2,1-3H3,(H,16,17,18). The largest absolute Gasteiger partial charge is 0.496 e. The highest BCUT2D eigenvalue weighted by atomic mass is 32.2. The minimum atomic E-state index is 0.263. The highest BCUT2D eigenvalue weighted by molar-refractivity contribution is 7.99. The first-order valence-electron chi connectivity index (χ1n) is 6.29. The number of methoxy groups -OCH3 is 1. The van der Waals surface area contributed by atoms with Crippen LogP contribution in [-0.2, 0) is 0 Å². The third kappa shape index (κ3) is 3.02. The molecule has 0 atom stereocenters. The van der Waals surface area contributed by atoms with E-state index in [1.165, 1.54) is 6.33 Å². The Bertz CT molecular complexity index is 589. The van der Waals surface area contributed by atoms with Gasteiger partial charge in [-0.2, -0.15) is 0 Å². The predicted octanol–water partition coefficient (Wildman–Crippen LogP) is 3.05. The van der Waals surface area contributed by atoms with Crippen LogP contribution in [0.3, 0.4) is 0 Å². The Kier molecular flexibility index (Phi) is 4.81. The Morgan fingerprint density at radius 2 is 2.00 bits per heavy atom. The molecule has 0 bridgehead atoms. The van der Waals surface area contributed by atoms with Gasteiger partial charge in [0.05, 0.1) is 12.0 Å². The van der Waals surface area contributed by atoms with Crippen molar-refractivity contribution in [3.05, 3.63) is 36.2 Å². The van der Waals surface area contributed by atoms with E-state index in [-0.39, 0.29) is 5.92 Å². The van der Waals surface area contributed by atoms with Gasteiger partial charge in [-0.3, -0.25) is 0 Å².